The highest BCUT2D eigenvalue weighted by molar-refractivity contribution is 5.91. The quantitative estimate of drug-likeness (QED) is 0.692. The summed E-state index contributed by atoms with van der Waals surface area (Å²) in [6.07, 6.45) is 2.96. The van der Waals surface area contributed by atoms with Crippen LogP contribution in [0.2, 0.25) is 0 Å². The van der Waals surface area contributed by atoms with Gasteiger partial charge in [-0.25, -0.2) is 0 Å². The van der Waals surface area contributed by atoms with Crippen molar-refractivity contribution in [1.82, 2.24) is 4.90 Å². The highest BCUT2D eigenvalue weighted by Crippen LogP contribution is 2.10. The number of nitrogens with two attached hydrogens (primary N) is 1. The average Bonchev–Trinajstić information content (AvgIpc) is 2.26. The second-order valence-corrected chi connectivity index (χ2v) is 3.84. The molecule has 0 saturated carbocycles. The normalized spacial score (nSPS) is 21.3. The van der Waals surface area contributed by atoms with Crippen LogP contribution in [0.4, 0.5) is 0 Å². The molecule has 4 heteroatoms. The molecule has 0 spiro atoms. The molecule has 1 rings (SSSR count). The van der Waals surface area contributed by atoms with Gasteiger partial charge in [0.05, 0.1) is 13.2 Å². The number of rotatable bonds is 4. The van der Waals surface area contributed by atoms with Gasteiger partial charge in [-0.2, -0.15) is 0 Å². The topological polar surface area (TPSA) is 55.6 Å². The van der Waals surface area contributed by atoms with E-state index in [1.807, 2.05) is 6.08 Å². The van der Waals surface area contributed by atoms with Crippen molar-refractivity contribution in [3.8, 4) is 0 Å². The molecular weight excluding hydrogens is 192 g/mol. The first-order valence-corrected chi connectivity index (χ1v) is 5.45. The fourth-order valence-corrected chi connectivity index (χ4v) is 1.76. The Morgan fingerprint density at radius 1 is 1.53 bits per heavy atom. The van der Waals surface area contributed by atoms with Crippen LogP contribution < -0.4 is 5.73 Å². The largest absolute Gasteiger partial charge is 0.379 e. The molecule has 1 saturated heterocycles. The van der Waals surface area contributed by atoms with E-state index in [1.165, 1.54) is 0 Å². The Labute approximate surface area is 91.1 Å². The molecule has 1 unspecified atom stereocenters. The molecule has 4 nitrogen and oxygen atoms in total. The van der Waals surface area contributed by atoms with Crippen molar-refractivity contribution in [3.05, 3.63) is 11.6 Å². The number of ether oxygens (including phenoxy) is 1. The number of nitrogens with zero attached hydrogens (tertiary/aromatic N) is 1. The predicted molar refractivity (Wildman–Crippen MR) is 59.4 cm³/mol. The predicted octanol–water partition coefficient (Wildman–Crippen LogP) is 0.529. The molecule has 0 aromatic rings. The van der Waals surface area contributed by atoms with Gasteiger partial charge in [0.2, 0.25) is 5.91 Å². The van der Waals surface area contributed by atoms with E-state index in [4.69, 9.17) is 10.5 Å². The van der Waals surface area contributed by atoms with Gasteiger partial charge in [0.15, 0.2) is 0 Å². The van der Waals surface area contributed by atoms with Crippen molar-refractivity contribution in [2.75, 3.05) is 26.3 Å². The Bertz CT molecular complexity index is 245. The van der Waals surface area contributed by atoms with Gasteiger partial charge in [-0.1, -0.05) is 13.0 Å². The summed E-state index contributed by atoms with van der Waals surface area (Å²) in [4.78, 5) is 13.3. The number of hydrogen-bond acceptors (Lipinski definition) is 3. The SMILES string of the molecule is CCC(C=C(C)C(N)=O)N1CCOCC1. The van der Waals surface area contributed by atoms with E-state index in [2.05, 4.69) is 11.8 Å². The molecule has 0 radical (unpaired) electrons. The maximum Gasteiger partial charge on any atom is 0.244 e. The zero-order chi connectivity index (χ0) is 11.3. The molecule has 1 fully saturated rings. The van der Waals surface area contributed by atoms with Gasteiger partial charge in [0, 0.05) is 24.7 Å². The van der Waals surface area contributed by atoms with Gasteiger partial charge in [-0.3, -0.25) is 9.69 Å². The van der Waals surface area contributed by atoms with Crippen molar-refractivity contribution in [3.63, 3.8) is 0 Å². The Morgan fingerprint density at radius 2 is 2.13 bits per heavy atom. The highest BCUT2D eigenvalue weighted by Gasteiger charge is 2.18. The lowest BCUT2D eigenvalue weighted by Gasteiger charge is -2.32. The summed E-state index contributed by atoms with van der Waals surface area (Å²) < 4.78 is 5.29. The van der Waals surface area contributed by atoms with Gasteiger partial charge in [0.1, 0.15) is 0 Å². The van der Waals surface area contributed by atoms with Crippen LogP contribution in [0.25, 0.3) is 0 Å². The van der Waals surface area contributed by atoms with E-state index in [0.717, 1.165) is 32.7 Å². The van der Waals surface area contributed by atoms with Crippen LogP contribution in [0.1, 0.15) is 20.3 Å². The third kappa shape index (κ3) is 3.64. The lowest BCUT2D eigenvalue weighted by molar-refractivity contribution is -0.114. The molecular formula is C11H20N2O2. The van der Waals surface area contributed by atoms with Crippen molar-refractivity contribution in [2.45, 2.75) is 26.3 Å². The van der Waals surface area contributed by atoms with Gasteiger partial charge in [-0.15, -0.1) is 0 Å². The van der Waals surface area contributed by atoms with E-state index in [-0.39, 0.29) is 5.91 Å². The molecule has 0 aromatic heterocycles. The van der Waals surface area contributed by atoms with E-state index in [1.54, 1.807) is 6.92 Å². The summed E-state index contributed by atoms with van der Waals surface area (Å²) in [7, 11) is 0. The number of carbonyl (C=O) groups excluding carboxylic acids is 1. The molecule has 86 valence electrons. The van der Waals surface area contributed by atoms with E-state index < -0.39 is 0 Å². The summed E-state index contributed by atoms with van der Waals surface area (Å²) in [6, 6.07) is 0.307. The highest BCUT2D eigenvalue weighted by atomic mass is 16.5. The Morgan fingerprint density at radius 3 is 2.60 bits per heavy atom. The summed E-state index contributed by atoms with van der Waals surface area (Å²) in [6.45, 7) is 7.30. The smallest absolute Gasteiger partial charge is 0.244 e. The summed E-state index contributed by atoms with van der Waals surface area (Å²) in [5, 5.41) is 0. The first-order valence-electron chi connectivity index (χ1n) is 5.45. The number of amides is 1. The Hall–Kier alpha value is -0.870. The standard InChI is InChI=1S/C11H20N2O2/c1-3-10(8-9(2)11(12)14)13-4-6-15-7-5-13/h8,10H,3-7H2,1-2H3,(H2,12,14). The van der Waals surface area contributed by atoms with Crippen LogP contribution in [0, 0.1) is 0 Å². The molecule has 0 aliphatic carbocycles. The third-order valence-corrected chi connectivity index (χ3v) is 2.76. The average molecular weight is 212 g/mol. The zero-order valence-electron chi connectivity index (χ0n) is 9.53. The summed E-state index contributed by atoms with van der Waals surface area (Å²) in [5.74, 6) is -0.332. The third-order valence-electron chi connectivity index (χ3n) is 2.76. The molecule has 15 heavy (non-hydrogen) atoms. The maximum atomic E-state index is 10.9. The summed E-state index contributed by atoms with van der Waals surface area (Å²) in [5.41, 5.74) is 5.86. The molecule has 1 aliphatic heterocycles. The minimum absolute atomic E-state index is 0.307. The molecule has 1 aliphatic rings. The Balaban J connectivity index is 2.61. The van der Waals surface area contributed by atoms with Crippen molar-refractivity contribution < 1.29 is 9.53 Å². The molecule has 1 heterocycles. The van der Waals surface area contributed by atoms with E-state index in [0.29, 0.717) is 11.6 Å². The number of hydrogen-bond donors (Lipinski definition) is 1. The number of primary amides is 1. The molecule has 2 N–H and O–H groups in total. The van der Waals surface area contributed by atoms with Gasteiger partial charge in [0.25, 0.3) is 0 Å². The summed E-state index contributed by atoms with van der Waals surface area (Å²) >= 11 is 0. The maximum absolute atomic E-state index is 10.9. The molecule has 0 bridgehead atoms. The van der Waals surface area contributed by atoms with Gasteiger partial charge < -0.3 is 10.5 Å². The minimum Gasteiger partial charge on any atom is -0.379 e. The van der Waals surface area contributed by atoms with Crippen LogP contribution in [0.3, 0.4) is 0 Å². The van der Waals surface area contributed by atoms with Crippen molar-refractivity contribution >= 4 is 5.91 Å². The number of morpholine rings is 1. The lowest BCUT2D eigenvalue weighted by atomic mass is 10.1. The van der Waals surface area contributed by atoms with Gasteiger partial charge in [-0.05, 0) is 13.3 Å². The molecule has 1 atom stereocenters. The first-order chi connectivity index (χ1) is 7.15. The van der Waals surface area contributed by atoms with E-state index >= 15 is 0 Å². The zero-order valence-corrected chi connectivity index (χ0v) is 9.53. The van der Waals surface area contributed by atoms with Crippen molar-refractivity contribution in [1.29, 1.82) is 0 Å². The number of carbonyl (C=O) groups is 1. The fraction of sp³-hybridized carbons (Fsp3) is 0.727. The van der Waals surface area contributed by atoms with Crippen LogP contribution in [0.15, 0.2) is 11.6 Å². The molecule has 0 aromatic carbocycles. The monoisotopic (exact) mass is 212 g/mol. The van der Waals surface area contributed by atoms with E-state index in [9.17, 15) is 4.79 Å². The van der Waals surface area contributed by atoms with Crippen LogP contribution in [0.5, 0.6) is 0 Å². The molecule has 1 amide bonds. The van der Waals surface area contributed by atoms with Crippen LogP contribution >= 0.6 is 0 Å². The minimum atomic E-state index is -0.332. The first kappa shape index (κ1) is 12.2. The lowest BCUT2D eigenvalue weighted by Crippen LogP contribution is -2.42. The van der Waals surface area contributed by atoms with Crippen LogP contribution in [-0.2, 0) is 9.53 Å². The van der Waals surface area contributed by atoms with Crippen molar-refractivity contribution in [2.24, 2.45) is 5.73 Å². The second-order valence-electron chi connectivity index (χ2n) is 3.84. The second kappa shape index (κ2) is 5.88. The fourth-order valence-electron chi connectivity index (χ4n) is 1.76. The Kier molecular flexibility index (Phi) is 4.78. The van der Waals surface area contributed by atoms with Crippen LogP contribution in [-0.4, -0.2) is 43.2 Å². The van der Waals surface area contributed by atoms with Gasteiger partial charge >= 0.3 is 0 Å².